The van der Waals surface area contributed by atoms with Crippen molar-refractivity contribution >= 4 is 16.9 Å². The number of aromatic nitrogens is 3. The molecular weight excluding hydrogens is 358 g/mol. The average molecular weight is 373 g/mol. The highest BCUT2D eigenvalue weighted by molar-refractivity contribution is 5.98. The van der Waals surface area contributed by atoms with Crippen LogP contribution in [0.15, 0.2) is 71.9 Å². The molecule has 0 saturated carbocycles. The summed E-state index contributed by atoms with van der Waals surface area (Å²) in [5, 5.41) is 20.0. The fourth-order valence-electron chi connectivity index (χ4n) is 3.13. The van der Waals surface area contributed by atoms with Gasteiger partial charge in [0.15, 0.2) is 11.4 Å². The monoisotopic (exact) mass is 373 g/mol. The average Bonchev–Trinajstić information content (AvgIpc) is 2.71. The number of hydrogen-bond acceptors (Lipinski definition) is 5. The summed E-state index contributed by atoms with van der Waals surface area (Å²) < 4.78 is 1.48. The number of aromatic carboxylic acids is 1. The van der Waals surface area contributed by atoms with Crippen LogP contribution in [0.2, 0.25) is 0 Å². The zero-order valence-corrected chi connectivity index (χ0v) is 14.6. The van der Waals surface area contributed by atoms with Crippen LogP contribution in [0.1, 0.15) is 16.1 Å². The molecule has 0 atom stereocenters. The van der Waals surface area contributed by atoms with E-state index >= 15 is 0 Å². The van der Waals surface area contributed by atoms with Gasteiger partial charge in [-0.1, -0.05) is 36.4 Å². The molecule has 0 amide bonds. The Balaban J connectivity index is 2.05. The number of benzene rings is 1. The molecule has 7 heteroatoms. The second-order valence-electron chi connectivity index (χ2n) is 6.24. The van der Waals surface area contributed by atoms with Crippen LogP contribution in [0.25, 0.3) is 22.0 Å². The van der Waals surface area contributed by atoms with Crippen molar-refractivity contribution in [2.45, 2.75) is 6.54 Å². The Morgan fingerprint density at radius 3 is 2.54 bits per heavy atom. The van der Waals surface area contributed by atoms with E-state index in [-0.39, 0.29) is 17.5 Å². The number of nitrogens with zero attached hydrogens (tertiary/aromatic N) is 3. The molecule has 0 aliphatic carbocycles. The summed E-state index contributed by atoms with van der Waals surface area (Å²) >= 11 is 0. The topological polar surface area (TPSA) is 105 Å². The lowest BCUT2D eigenvalue weighted by Gasteiger charge is -2.14. The number of hydrogen-bond donors (Lipinski definition) is 2. The molecule has 0 radical (unpaired) electrons. The molecule has 138 valence electrons. The Hall–Kier alpha value is -4.00. The van der Waals surface area contributed by atoms with Gasteiger partial charge in [-0.3, -0.25) is 9.78 Å². The number of fused-ring (bicyclic) bond motifs is 1. The van der Waals surface area contributed by atoms with Crippen molar-refractivity contribution in [2.24, 2.45) is 0 Å². The predicted molar refractivity (Wildman–Crippen MR) is 103 cm³/mol. The molecule has 4 rings (SSSR count). The van der Waals surface area contributed by atoms with Gasteiger partial charge in [0.1, 0.15) is 0 Å². The maximum absolute atomic E-state index is 13.2. The second-order valence-corrected chi connectivity index (χ2v) is 6.24. The molecular formula is C21H15N3O4. The SMILES string of the molecule is O=C(O)c1ncc2c(cc(-c3cccnc3)c(=O)n2Cc2ccccc2)c1O. The first-order valence-electron chi connectivity index (χ1n) is 8.49. The van der Waals surface area contributed by atoms with Crippen molar-refractivity contribution in [3.63, 3.8) is 0 Å². The van der Waals surface area contributed by atoms with Gasteiger partial charge in [0.2, 0.25) is 0 Å². The second kappa shape index (κ2) is 6.96. The quantitative estimate of drug-likeness (QED) is 0.570. The standard InChI is InChI=1S/C21H15N3O4/c25-19-16-9-15(14-7-4-8-22-10-14)20(26)24(12-13-5-2-1-3-6-13)17(16)11-23-18(19)21(27)28/h1-11,25H,12H2,(H,27,28). The molecule has 2 N–H and O–H groups in total. The molecule has 4 aromatic rings. The Labute approximate surface area is 159 Å². The first-order valence-corrected chi connectivity index (χ1v) is 8.49. The molecule has 0 saturated heterocycles. The molecule has 3 heterocycles. The fraction of sp³-hybridized carbons (Fsp3) is 0.0476. The van der Waals surface area contributed by atoms with Crippen LogP contribution in [0.5, 0.6) is 5.75 Å². The zero-order chi connectivity index (χ0) is 19.7. The molecule has 28 heavy (non-hydrogen) atoms. The third-order valence-electron chi connectivity index (χ3n) is 4.48. The van der Waals surface area contributed by atoms with Gasteiger partial charge in [-0.25, -0.2) is 9.78 Å². The highest BCUT2D eigenvalue weighted by atomic mass is 16.4. The lowest BCUT2D eigenvalue weighted by atomic mass is 10.1. The minimum absolute atomic E-state index is 0.238. The number of carboxylic acid groups (broad SMARTS) is 1. The fourth-order valence-corrected chi connectivity index (χ4v) is 3.13. The molecule has 0 aliphatic heterocycles. The largest absolute Gasteiger partial charge is 0.505 e. The minimum atomic E-state index is -1.34. The molecule has 7 nitrogen and oxygen atoms in total. The van der Waals surface area contributed by atoms with Gasteiger partial charge in [-0.15, -0.1) is 0 Å². The molecule has 0 aliphatic rings. The van der Waals surface area contributed by atoms with Crippen LogP contribution in [-0.2, 0) is 6.54 Å². The van der Waals surface area contributed by atoms with Crippen LogP contribution in [-0.4, -0.2) is 30.7 Å². The number of aromatic hydroxyl groups is 1. The number of pyridine rings is 3. The molecule has 0 spiro atoms. The van der Waals surface area contributed by atoms with E-state index in [0.29, 0.717) is 16.6 Å². The van der Waals surface area contributed by atoms with Gasteiger partial charge in [0.05, 0.1) is 18.3 Å². The molecule has 0 unspecified atom stereocenters. The van der Waals surface area contributed by atoms with Crippen LogP contribution in [0.4, 0.5) is 0 Å². The summed E-state index contributed by atoms with van der Waals surface area (Å²) in [6, 6.07) is 14.3. The minimum Gasteiger partial charge on any atom is -0.505 e. The summed E-state index contributed by atoms with van der Waals surface area (Å²) in [5.41, 5.74) is 1.38. The van der Waals surface area contributed by atoms with Crippen LogP contribution < -0.4 is 5.56 Å². The maximum Gasteiger partial charge on any atom is 0.358 e. The van der Waals surface area contributed by atoms with E-state index in [4.69, 9.17) is 0 Å². The lowest BCUT2D eigenvalue weighted by molar-refractivity contribution is 0.0687. The van der Waals surface area contributed by atoms with Crippen molar-refractivity contribution in [1.29, 1.82) is 0 Å². The Morgan fingerprint density at radius 2 is 1.86 bits per heavy atom. The van der Waals surface area contributed by atoms with Crippen molar-refractivity contribution < 1.29 is 15.0 Å². The van der Waals surface area contributed by atoms with E-state index in [1.165, 1.54) is 16.8 Å². The zero-order valence-electron chi connectivity index (χ0n) is 14.6. The third kappa shape index (κ3) is 2.99. The van der Waals surface area contributed by atoms with Gasteiger partial charge < -0.3 is 14.8 Å². The van der Waals surface area contributed by atoms with Gasteiger partial charge in [0.25, 0.3) is 5.56 Å². The van der Waals surface area contributed by atoms with Gasteiger partial charge in [-0.2, -0.15) is 0 Å². The summed E-state index contributed by atoms with van der Waals surface area (Å²) in [5.74, 6) is -1.82. The van der Waals surface area contributed by atoms with Gasteiger partial charge in [-0.05, 0) is 17.7 Å². The van der Waals surface area contributed by atoms with Crippen molar-refractivity contribution in [3.05, 3.63) is 88.7 Å². The van der Waals surface area contributed by atoms with E-state index in [2.05, 4.69) is 9.97 Å². The Bertz CT molecular complexity index is 1240. The van der Waals surface area contributed by atoms with E-state index in [1.54, 1.807) is 24.5 Å². The van der Waals surface area contributed by atoms with E-state index < -0.39 is 17.4 Å². The first kappa shape index (κ1) is 17.4. The Morgan fingerprint density at radius 1 is 1.07 bits per heavy atom. The molecule has 3 aromatic heterocycles. The summed E-state index contributed by atoms with van der Waals surface area (Å²) in [7, 11) is 0. The smallest absolute Gasteiger partial charge is 0.358 e. The molecule has 1 aromatic carbocycles. The maximum atomic E-state index is 13.2. The van der Waals surface area contributed by atoms with Crippen molar-refractivity contribution in [3.8, 4) is 16.9 Å². The molecule has 0 bridgehead atoms. The van der Waals surface area contributed by atoms with Crippen LogP contribution in [0, 0.1) is 0 Å². The van der Waals surface area contributed by atoms with E-state index in [1.807, 2.05) is 30.3 Å². The summed E-state index contributed by atoms with van der Waals surface area (Å²) in [6.45, 7) is 0.248. The van der Waals surface area contributed by atoms with Crippen LogP contribution >= 0.6 is 0 Å². The van der Waals surface area contributed by atoms with Gasteiger partial charge >= 0.3 is 5.97 Å². The number of carbonyl (C=O) groups is 1. The third-order valence-corrected chi connectivity index (χ3v) is 4.48. The van der Waals surface area contributed by atoms with Crippen molar-refractivity contribution in [2.75, 3.05) is 0 Å². The van der Waals surface area contributed by atoms with Crippen LogP contribution in [0.3, 0.4) is 0 Å². The lowest BCUT2D eigenvalue weighted by Crippen LogP contribution is -2.23. The highest BCUT2D eigenvalue weighted by Crippen LogP contribution is 2.29. The summed E-state index contributed by atoms with van der Waals surface area (Å²) in [6.07, 6.45) is 4.44. The highest BCUT2D eigenvalue weighted by Gasteiger charge is 2.19. The Kier molecular flexibility index (Phi) is 4.33. The van der Waals surface area contributed by atoms with Gasteiger partial charge in [0, 0.05) is 28.9 Å². The normalized spacial score (nSPS) is 10.9. The summed E-state index contributed by atoms with van der Waals surface area (Å²) in [4.78, 5) is 32.5. The van der Waals surface area contributed by atoms with E-state index in [0.717, 1.165) is 5.56 Å². The van der Waals surface area contributed by atoms with E-state index in [9.17, 15) is 19.8 Å². The predicted octanol–water partition coefficient (Wildman–Crippen LogP) is 2.91. The van der Waals surface area contributed by atoms with Crippen molar-refractivity contribution in [1.82, 2.24) is 14.5 Å². The first-order chi connectivity index (χ1) is 13.6. The number of rotatable bonds is 4. The number of carboxylic acids is 1. The molecule has 0 fully saturated rings.